The van der Waals surface area contributed by atoms with Gasteiger partial charge in [0.05, 0.1) is 0 Å². The third-order valence-corrected chi connectivity index (χ3v) is 3.83. The highest BCUT2D eigenvalue weighted by molar-refractivity contribution is 7.90. The molecule has 13 heteroatoms. The molecule has 0 heterocycles. The summed E-state index contributed by atoms with van der Waals surface area (Å²) < 4.78 is 122. The lowest BCUT2D eigenvalue weighted by Crippen LogP contribution is -2.42. The van der Waals surface area contributed by atoms with Gasteiger partial charge in [-0.15, -0.1) is 0 Å². The predicted molar refractivity (Wildman–Crippen MR) is 53.3 cm³/mol. The zero-order chi connectivity index (χ0) is 17.6. The Balaban J connectivity index is 3.56. The summed E-state index contributed by atoms with van der Waals surface area (Å²) in [7, 11) is -6.43. The van der Waals surface area contributed by atoms with Crippen LogP contribution in [0.3, 0.4) is 0 Å². The van der Waals surface area contributed by atoms with Crippen molar-refractivity contribution >= 4 is 15.9 Å². The normalized spacial score (nSPS) is 12.4. The van der Waals surface area contributed by atoms with Crippen LogP contribution in [0, 0.1) is 29.1 Å². The standard InChI is InChI=1S/C9H3F8NO3S/c1-18(22(20,21)9(15,16)17)8(19)2-3(10)5(12)7(14)6(13)4(2)11/h1H3. The minimum Gasteiger partial charge on any atom is -0.268 e. The minimum atomic E-state index is -6.38. The van der Waals surface area contributed by atoms with E-state index in [0.29, 0.717) is 0 Å². The van der Waals surface area contributed by atoms with Crippen LogP contribution in [0.1, 0.15) is 10.4 Å². The molecule has 1 amide bonds. The number of rotatable bonds is 2. The van der Waals surface area contributed by atoms with Gasteiger partial charge in [0.2, 0.25) is 5.82 Å². The Bertz CT molecular complexity index is 713. The summed E-state index contributed by atoms with van der Waals surface area (Å²) in [5.41, 5.74) is -8.35. The lowest BCUT2D eigenvalue weighted by atomic mass is 10.1. The van der Waals surface area contributed by atoms with Crippen molar-refractivity contribution in [1.82, 2.24) is 4.31 Å². The van der Waals surface area contributed by atoms with Gasteiger partial charge in [0.1, 0.15) is 5.56 Å². The molecule has 0 fully saturated rings. The van der Waals surface area contributed by atoms with Gasteiger partial charge < -0.3 is 0 Å². The van der Waals surface area contributed by atoms with Gasteiger partial charge in [0, 0.05) is 7.05 Å². The van der Waals surface area contributed by atoms with Crippen LogP contribution in [0.25, 0.3) is 0 Å². The summed E-state index contributed by atoms with van der Waals surface area (Å²) >= 11 is 0. The molecule has 0 aliphatic rings. The zero-order valence-electron chi connectivity index (χ0n) is 10.1. The van der Waals surface area contributed by atoms with Gasteiger partial charge in [-0.25, -0.2) is 26.3 Å². The van der Waals surface area contributed by atoms with Crippen LogP contribution in [-0.4, -0.2) is 31.2 Å². The van der Waals surface area contributed by atoms with Gasteiger partial charge in [-0.2, -0.15) is 21.6 Å². The fourth-order valence-electron chi connectivity index (χ4n) is 1.21. The van der Waals surface area contributed by atoms with Crippen molar-refractivity contribution in [3.8, 4) is 0 Å². The van der Waals surface area contributed by atoms with Gasteiger partial charge in [0.15, 0.2) is 23.3 Å². The van der Waals surface area contributed by atoms with E-state index in [0.717, 1.165) is 0 Å². The summed E-state index contributed by atoms with van der Waals surface area (Å²) in [6.07, 6.45) is 0. The minimum absolute atomic E-state index is 0.0524. The third-order valence-electron chi connectivity index (χ3n) is 2.36. The van der Waals surface area contributed by atoms with Gasteiger partial charge in [0.25, 0.3) is 5.91 Å². The average Bonchev–Trinajstić information content (AvgIpc) is 2.40. The molecule has 0 atom stereocenters. The first-order chi connectivity index (χ1) is 9.75. The summed E-state index contributed by atoms with van der Waals surface area (Å²) in [4.78, 5) is 11.4. The van der Waals surface area contributed by atoms with Crippen molar-refractivity contribution in [2.75, 3.05) is 7.05 Å². The Kier molecular flexibility index (Phi) is 4.43. The Morgan fingerprint density at radius 2 is 1.18 bits per heavy atom. The van der Waals surface area contributed by atoms with E-state index in [9.17, 15) is 48.3 Å². The molecule has 0 bridgehead atoms. The van der Waals surface area contributed by atoms with Gasteiger partial charge in [-0.3, -0.25) is 4.79 Å². The van der Waals surface area contributed by atoms with Crippen LogP contribution < -0.4 is 0 Å². The second kappa shape index (κ2) is 5.37. The summed E-state index contributed by atoms with van der Waals surface area (Å²) in [6.45, 7) is 0. The number of carbonyl (C=O) groups is 1. The SMILES string of the molecule is CN(C(=O)c1c(F)c(F)c(F)c(F)c1F)S(=O)(=O)C(F)(F)F. The van der Waals surface area contributed by atoms with Crippen molar-refractivity contribution in [2.45, 2.75) is 5.51 Å². The number of nitrogens with zero attached hydrogens (tertiary/aromatic N) is 1. The summed E-state index contributed by atoms with van der Waals surface area (Å²) in [5.74, 6) is -16.0. The molecular weight excluding hydrogens is 354 g/mol. The van der Waals surface area contributed by atoms with E-state index in [2.05, 4.69) is 0 Å². The maximum absolute atomic E-state index is 13.3. The predicted octanol–water partition coefficient (Wildman–Crippen LogP) is 2.30. The van der Waals surface area contributed by atoms with Crippen molar-refractivity contribution in [2.24, 2.45) is 0 Å². The van der Waals surface area contributed by atoms with Crippen LogP contribution in [0.4, 0.5) is 35.1 Å². The van der Waals surface area contributed by atoms with E-state index in [1.54, 1.807) is 0 Å². The molecule has 0 saturated carbocycles. The second-order valence-electron chi connectivity index (χ2n) is 3.67. The number of amides is 1. The summed E-state index contributed by atoms with van der Waals surface area (Å²) in [6, 6.07) is 0. The van der Waals surface area contributed by atoms with Gasteiger partial charge in [-0.05, 0) is 0 Å². The van der Waals surface area contributed by atoms with Crippen molar-refractivity contribution in [3.63, 3.8) is 0 Å². The van der Waals surface area contributed by atoms with Crippen LogP contribution in [0.2, 0.25) is 0 Å². The molecule has 0 saturated heterocycles. The molecule has 0 unspecified atom stereocenters. The van der Waals surface area contributed by atoms with Crippen LogP contribution in [-0.2, 0) is 10.0 Å². The molecule has 0 N–H and O–H groups in total. The molecule has 4 nitrogen and oxygen atoms in total. The lowest BCUT2D eigenvalue weighted by molar-refractivity contribution is -0.0477. The fourth-order valence-corrected chi connectivity index (χ4v) is 1.83. The van der Waals surface area contributed by atoms with E-state index in [1.165, 1.54) is 0 Å². The molecule has 22 heavy (non-hydrogen) atoms. The first kappa shape index (κ1) is 18.1. The molecule has 1 aromatic rings. The number of sulfonamides is 1. The first-order valence-corrected chi connectivity index (χ1v) is 6.30. The molecule has 0 aliphatic heterocycles. The van der Waals surface area contributed by atoms with Crippen LogP contribution in [0.15, 0.2) is 0 Å². The van der Waals surface area contributed by atoms with Crippen molar-refractivity contribution in [3.05, 3.63) is 34.6 Å². The van der Waals surface area contributed by atoms with E-state index in [-0.39, 0.29) is 7.05 Å². The molecule has 1 rings (SSSR count). The number of alkyl halides is 3. The smallest absolute Gasteiger partial charge is 0.268 e. The Labute approximate surface area is 117 Å². The summed E-state index contributed by atoms with van der Waals surface area (Å²) in [5, 5.41) is 0. The Morgan fingerprint density at radius 1 is 0.864 bits per heavy atom. The lowest BCUT2D eigenvalue weighted by Gasteiger charge is -2.19. The van der Waals surface area contributed by atoms with Gasteiger partial charge in [-0.1, -0.05) is 0 Å². The average molecular weight is 357 g/mol. The number of hydrogen-bond acceptors (Lipinski definition) is 3. The van der Waals surface area contributed by atoms with E-state index in [4.69, 9.17) is 0 Å². The molecule has 124 valence electrons. The zero-order valence-corrected chi connectivity index (χ0v) is 10.9. The molecule has 0 aliphatic carbocycles. The third kappa shape index (κ3) is 2.60. The Morgan fingerprint density at radius 3 is 1.50 bits per heavy atom. The molecule has 0 spiro atoms. The number of benzene rings is 1. The maximum atomic E-state index is 13.3. The number of hydrogen-bond donors (Lipinski definition) is 0. The number of carbonyl (C=O) groups excluding carboxylic acids is 1. The van der Waals surface area contributed by atoms with Crippen molar-refractivity contribution < 1.29 is 48.3 Å². The first-order valence-electron chi connectivity index (χ1n) is 4.86. The van der Waals surface area contributed by atoms with Crippen LogP contribution >= 0.6 is 0 Å². The largest absolute Gasteiger partial charge is 0.516 e. The highest BCUT2D eigenvalue weighted by Crippen LogP contribution is 2.29. The van der Waals surface area contributed by atoms with E-state index < -0.39 is 60.4 Å². The topological polar surface area (TPSA) is 54.5 Å². The maximum Gasteiger partial charge on any atom is 0.516 e. The quantitative estimate of drug-likeness (QED) is 0.464. The molecule has 0 radical (unpaired) electrons. The van der Waals surface area contributed by atoms with Crippen molar-refractivity contribution in [1.29, 1.82) is 0 Å². The fraction of sp³-hybridized carbons (Fsp3) is 0.222. The van der Waals surface area contributed by atoms with Gasteiger partial charge >= 0.3 is 15.5 Å². The Hall–Kier alpha value is -1.92. The highest BCUT2D eigenvalue weighted by atomic mass is 32.2. The van der Waals surface area contributed by atoms with Crippen LogP contribution in [0.5, 0.6) is 0 Å². The van der Waals surface area contributed by atoms with E-state index >= 15 is 0 Å². The second-order valence-corrected chi connectivity index (χ2v) is 5.63. The molecular formula is C9H3F8NO3S. The number of halogens is 8. The molecule has 0 aromatic heterocycles. The monoisotopic (exact) mass is 357 g/mol. The van der Waals surface area contributed by atoms with E-state index in [1.807, 2.05) is 0 Å². The molecule has 1 aromatic carbocycles. The highest BCUT2D eigenvalue weighted by Gasteiger charge is 2.51.